The first kappa shape index (κ1) is 13.2. The SMILES string of the molecule is c1ccc2c(c1)SCCC2NCC1CSCCS1. The Bertz CT molecular complexity index is 390. The van der Waals surface area contributed by atoms with Crippen LogP contribution in [0.15, 0.2) is 29.2 Å². The molecular weight excluding hydrogens is 278 g/mol. The van der Waals surface area contributed by atoms with Crippen molar-refractivity contribution in [3.05, 3.63) is 29.8 Å². The molecule has 2 atom stereocenters. The molecule has 4 heteroatoms. The zero-order chi connectivity index (χ0) is 12.2. The van der Waals surface area contributed by atoms with E-state index in [0.29, 0.717) is 6.04 Å². The number of hydrogen-bond acceptors (Lipinski definition) is 4. The molecule has 0 spiro atoms. The van der Waals surface area contributed by atoms with Crippen molar-refractivity contribution in [2.75, 3.05) is 29.6 Å². The second-order valence-electron chi connectivity index (χ2n) is 4.70. The van der Waals surface area contributed by atoms with Gasteiger partial charge in [-0.2, -0.15) is 23.5 Å². The Morgan fingerprint density at radius 3 is 3.00 bits per heavy atom. The maximum Gasteiger partial charge on any atom is 0.0339 e. The van der Waals surface area contributed by atoms with Crippen LogP contribution in [0, 0.1) is 0 Å². The molecule has 1 fully saturated rings. The van der Waals surface area contributed by atoms with E-state index in [9.17, 15) is 0 Å². The Morgan fingerprint density at radius 2 is 2.11 bits per heavy atom. The first-order chi connectivity index (χ1) is 8.93. The standard InChI is InChI=1S/C14H19NS3/c1-2-4-14-12(3-1)13(5-6-18-14)15-9-11-10-16-7-8-17-11/h1-4,11,13,15H,5-10H2. The topological polar surface area (TPSA) is 12.0 Å². The third kappa shape index (κ3) is 3.21. The van der Waals surface area contributed by atoms with Crippen molar-refractivity contribution in [1.29, 1.82) is 0 Å². The molecule has 1 aromatic carbocycles. The minimum Gasteiger partial charge on any atom is -0.309 e. The van der Waals surface area contributed by atoms with Gasteiger partial charge in [0.25, 0.3) is 0 Å². The molecule has 2 aliphatic heterocycles. The summed E-state index contributed by atoms with van der Waals surface area (Å²) in [6.45, 7) is 1.17. The van der Waals surface area contributed by atoms with Crippen LogP contribution in [0.1, 0.15) is 18.0 Å². The van der Waals surface area contributed by atoms with Crippen LogP contribution in [-0.4, -0.2) is 34.8 Å². The van der Waals surface area contributed by atoms with Crippen LogP contribution in [-0.2, 0) is 0 Å². The third-order valence-corrected chi connectivity index (χ3v) is 7.40. The van der Waals surface area contributed by atoms with Crippen LogP contribution in [0.25, 0.3) is 0 Å². The molecule has 0 saturated carbocycles. The van der Waals surface area contributed by atoms with Crippen molar-refractivity contribution < 1.29 is 0 Å². The Labute approximate surface area is 122 Å². The first-order valence-electron chi connectivity index (χ1n) is 6.58. The second-order valence-corrected chi connectivity index (χ2v) is 8.40. The molecule has 0 aromatic heterocycles. The molecule has 1 aromatic rings. The zero-order valence-electron chi connectivity index (χ0n) is 10.4. The van der Waals surface area contributed by atoms with Gasteiger partial charge < -0.3 is 5.32 Å². The molecule has 98 valence electrons. The summed E-state index contributed by atoms with van der Waals surface area (Å²) in [6, 6.07) is 9.46. The molecule has 2 heterocycles. The van der Waals surface area contributed by atoms with Gasteiger partial charge >= 0.3 is 0 Å². The Hall–Kier alpha value is 0.230. The molecule has 1 saturated heterocycles. The number of rotatable bonds is 3. The second kappa shape index (κ2) is 6.60. The van der Waals surface area contributed by atoms with E-state index >= 15 is 0 Å². The quantitative estimate of drug-likeness (QED) is 0.913. The highest BCUT2D eigenvalue weighted by molar-refractivity contribution is 8.06. The largest absolute Gasteiger partial charge is 0.309 e. The van der Waals surface area contributed by atoms with Crippen LogP contribution >= 0.6 is 35.3 Å². The summed E-state index contributed by atoms with van der Waals surface area (Å²) in [4.78, 5) is 1.48. The maximum absolute atomic E-state index is 3.80. The first-order valence-corrected chi connectivity index (χ1v) is 9.77. The van der Waals surface area contributed by atoms with E-state index in [1.54, 1.807) is 0 Å². The summed E-state index contributed by atoms with van der Waals surface area (Å²) in [7, 11) is 0. The average molecular weight is 298 g/mol. The summed E-state index contributed by atoms with van der Waals surface area (Å²) in [5.41, 5.74) is 1.52. The number of hydrogen-bond donors (Lipinski definition) is 1. The minimum absolute atomic E-state index is 0.579. The lowest BCUT2D eigenvalue weighted by Crippen LogP contribution is -2.33. The van der Waals surface area contributed by atoms with Gasteiger partial charge in [-0.3, -0.25) is 0 Å². The van der Waals surface area contributed by atoms with Gasteiger partial charge in [-0.15, -0.1) is 11.8 Å². The molecule has 3 rings (SSSR count). The minimum atomic E-state index is 0.579. The summed E-state index contributed by atoms with van der Waals surface area (Å²) in [5, 5.41) is 4.61. The van der Waals surface area contributed by atoms with Crippen LogP contribution in [0.4, 0.5) is 0 Å². The molecule has 1 N–H and O–H groups in total. The summed E-state index contributed by atoms with van der Waals surface area (Å²) >= 11 is 6.26. The van der Waals surface area contributed by atoms with Gasteiger partial charge in [-0.1, -0.05) is 18.2 Å². The molecule has 2 aliphatic rings. The van der Waals surface area contributed by atoms with Gasteiger partial charge in [0.1, 0.15) is 0 Å². The van der Waals surface area contributed by atoms with Crippen molar-refractivity contribution in [2.24, 2.45) is 0 Å². The van der Waals surface area contributed by atoms with Crippen molar-refractivity contribution in [2.45, 2.75) is 22.6 Å². The predicted molar refractivity (Wildman–Crippen MR) is 86.1 cm³/mol. The van der Waals surface area contributed by atoms with E-state index < -0.39 is 0 Å². The fourth-order valence-corrected chi connectivity index (χ4v) is 6.23. The van der Waals surface area contributed by atoms with Crippen molar-refractivity contribution in [3.63, 3.8) is 0 Å². The Kier molecular flexibility index (Phi) is 4.85. The van der Waals surface area contributed by atoms with Crippen molar-refractivity contribution in [3.8, 4) is 0 Å². The molecule has 0 bridgehead atoms. The molecular formula is C14H19NS3. The van der Waals surface area contributed by atoms with Crippen molar-refractivity contribution in [1.82, 2.24) is 5.32 Å². The summed E-state index contributed by atoms with van der Waals surface area (Å²) < 4.78 is 0. The maximum atomic E-state index is 3.80. The molecule has 0 aliphatic carbocycles. The van der Waals surface area contributed by atoms with Gasteiger partial charge in [-0.25, -0.2) is 0 Å². The van der Waals surface area contributed by atoms with E-state index in [0.717, 1.165) is 5.25 Å². The highest BCUT2D eigenvalue weighted by Gasteiger charge is 2.21. The van der Waals surface area contributed by atoms with E-state index in [1.165, 1.54) is 46.4 Å². The molecule has 1 nitrogen and oxygen atoms in total. The van der Waals surface area contributed by atoms with Crippen molar-refractivity contribution >= 4 is 35.3 Å². The van der Waals surface area contributed by atoms with Gasteiger partial charge in [0, 0.05) is 40.0 Å². The fourth-order valence-electron chi connectivity index (χ4n) is 2.48. The highest BCUT2D eigenvalue weighted by atomic mass is 32.2. The summed E-state index contributed by atoms with van der Waals surface area (Å²) in [6.07, 6.45) is 1.27. The lowest BCUT2D eigenvalue weighted by Gasteiger charge is -2.29. The average Bonchev–Trinajstić information content (AvgIpc) is 2.46. The van der Waals surface area contributed by atoms with Crippen LogP contribution in [0.5, 0.6) is 0 Å². The molecule has 2 unspecified atom stereocenters. The monoisotopic (exact) mass is 297 g/mol. The number of nitrogens with one attached hydrogen (secondary N) is 1. The van der Waals surface area contributed by atoms with Gasteiger partial charge in [0.2, 0.25) is 0 Å². The normalized spacial score (nSPS) is 27.8. The Balaban J connectivity index is 1.60. The predicted octanol–water partition coefficient (Wildman–Crippen LogP) is 3.66. The van der Waals surface area contributed by atoms with Gasteiger partial charge in [0.05, 0.1) is 0 Å². The zero-order valence-corrected chi connectivity index (χ0v) is 12.9. The summed E-state index contributed by atoms with van der Waals surface area (Å²) in [5.74, 6) is 5.24. The van der Waals surface area contributed by atoms with Gasteiger partial charge in [-0.05, 0) is 23.8 Å². The lowest BCUT2D eigenvalue weighted by atomic mass is 10.0. The van der Waals surface area contributed by atoms with Crippen LogP contribution in [0.3, 0.4) is 0 Å². The third-order valence-electron chi connectivity index (χ3n) is 3.44. The van der Waals surface area contributed by atoms with E-state index in [4.69, 9.17) is 0 Å². The van der Waals surface area contributed by atoms with Gasteiger partial charge in [0.15, 0.2) is 0 Å². The Morgan fingerprint density at radius 1 is 1.17 bits per heavy atom. The lowest BCUT2D eigenvalue weighted by molar-refractivity contribution is 0.514. The number of benzene rings is 1. The molecule has 0 amide bonds. The van der Waals surface area contributed by atoms with E-state index in [2.05, 4.69) is 53.1 Å². The van der Waals surface area contributed by atoms with Crippen LogP contribution in [0.2, 0.25) is 0 Å². The number of fused-ring (bicyclic) bond motifs is 1. The smallest absolute Gasteiger partial charge is 0.0339 e. The fraction of sp³-hybridized carbons (Fsp3) is 0.571. The van der Waals surface area contributed by atoms with E-state index in [-0.39, 0.29) is 0 Å². The highest BCUT2D eigenvalue weighted by Crippen LogP contribution is 2.36. The van der Waals surface area contributed by atoms with E-state index in [1.807, 2.05) is 11.8 Å². The molecule has 0 radical (unpaired) electrons. The van der Waals surface area contributed by atoms with Crippen LogP contribution < -0.4 is 5.32 Å². The molecule has 18 heavy (non-hydrogen) atoms. The number of thioether (sulfide) groups is 3.